The van der Waals surface area contributed by atoms with Crippen LogP contribution < -0.4 is 26.2 Å². The molecule has 0 saturated carbocycles. The number of hydrogen-bond acceptors (Lipinski definition) is 8. The molecule has 1 aromatic carbocycles. The Kier molecular flexibility index (Phi) is 8.32. The molecule has 3 atom stereocenters. The highest BCUT2D eigenvalue weighted by atomic mass is 35.5. The molecule has 2 aliphatic rings. The summed E-state index contributed by atoms with van der Waals surface area (Å²) in [5.74, 6) is -1.18. The van der Waals surface area contributed by atoms with Crippen molar-refractivity contribution in [1.29, 1.82) is 0 Å². The van der Waals surface area contributed by atoms with Gasteiger partial charge in [0, 0.05) is 55.1 Å². The lowest BCUT2D eigenvalue weighted by atomic mass is 9.71. The minimum absolute atomic E-state index is 0.0519. The molecule has 10 nitrogen and oxygen atoms in total. The fraction of sp³-hybridized carbons (Fsp3) is 0.448. The maximum Gasteiger partial charge on any atom is 0.429 e. The third kappa shape index (κ3) is 6.28. The Bertz CT molecular complexity index is 1570. The second-order valence-electron chi connectivity index (χ2n) is 11.1. The summed E-state index contributed by atoms with van der Waals surface area (Å²) in [5.41, 5.74) is 5.42. The van der Waals surface area contributed by atoms with Crippen molar-refractivity contribution in [3.05, 3.63) is 63.5 Å². The summed E-state index contributed by atoms with van der Waals surface area (Å²) >= 11 is 6.15. The molecule has 4 N–H and O–H groups in total. The number of anilines is 2. The number of benzene rings is 1. The van der Waals surface area contributed by atoms with Crippen LogP contribution in [0, 0.1) is 5.41 Å². The number of nitrogens with zero attached hydrogens (tertiary/aromatic N) is 4. The van der Waals surface area contributed by atoms with Crippen LogP contribution in [-0.4, -0.2) is 57.0 Å². The Balaban J connectivity index is 1.43. The van der Waals surface area contributed by atoms with Crippen LogP contribution >= 0.6 is 11.6 Å². The van der Waals surface area contributed by atoms with E-state index < -0.39 is 29.9 Å². The summed E-state index contributed by atoms with van der Waals surface area (Å²) in [6, 6.07) is 7.41. The van der Waals surface area contributed by atoms with Gasteiger partial charge in [-0.3, -0.25) is 9.59 Å². The van der Waals surface area contributed by atoms with Crippen molar-refractivity contribution in [2.75, 3.05) is 23.7 Å². The van der Waals surface area contributed by atoms with Gasteiger partial charge in [-0.15, -0.1) is 0 Å². The number of carbonyl (C=O) groups is 1. The number of hydrogen-bond donors (Lipinski definition) is 3. The molecule has 0 radical (unpaired) electrons. The second kappa shape index (κ2) is 11.7. The van der Waals surface area contributed by atoms with E-state index in [-0.39, 0.29) is 45.0 Å². The van der Waals surface area contributed by atoms with Gasteiger partial charge in [0.15, 0.2) is 0 Å². The van der Waals surface area contributed by atoms with E-state index in [9.17, 15) is 27.9 Å². The Hall–Kier alpha value is -3.84. The standard InChI is InChI=1S/C29H32ClF3N6O4/c1-3-21-28(15-20(35-21)26(41)42)7-10-39(11-8-28)22-14-23(37-27(34)36-22)43-25(29(31,32)33)18-5-4-17(30)13-19(18)16-6-9-38(2)24(40)12-16/h4-6,9,12-14,20-21,25,35H,3,7-8,10-11,15H2,1-2H3,(H,41,42)(H2,34,36,37)/t20?,21?,25-/m1/s1. The van der Waals surface area contributed by atoms with Gasteiger partial charge in [-0.2, -0.15) is 23.1 Å². The zero-order valence-electron chi connectivity index (χ0n) is 23.6. The maximum absolute atomic E-state index is 14.6. The van der Waals surface area contributed by atoms with Crippen molar-refractivity contribution in [2.45, 2.75) is 57.0 Å². The quantitative estimate of drug-likeness (QED) is 0.347. The summed E-state index contributed by atoms with van der Waals surface area (Å²) in [5, 5.41) is 13.0. The molecule has 2 aromatic heterocycles. The average molecular weight is 621 g/mol. The normalized spacial score (nSPS) is 20.7. The van der Waals surface area contributed by atoms with Crippen molar-refractivity contribution in [3.8, 4) is 17.0 Å². The van der Waals surface area contributed by atoms with Crippen molar-refractivity contribution in [1.82, 2.24) is 19.9 Å². The van der Waals surface area contributed by atoms with E-state index in [1.807, 2.05) is 11.8 Å². The zero-order valence-corrected chi connectivity index (χ0v) is 24.3. The third-order valence-corrected chi connectivity index (χ3v) is 8.73. The van der Waals surface area contributed by atoms with Gasteiger partial charge < -0.3 is 30.4 Å². The number of nitrogens with one attached hydrogen (secondary N) is 1. The van der Waals surface area contributed by atoms with Gasteiger partial charge in [0.05, 0.1) is 0 Å². The first-order valence-electron chi connectivity index (χ1n) is 13.9. The van der Waals surface area contributed by atoms with E-state index in [0.717, 1.165) is 6.42 Å². The van der Waals surface area contributed by atoms with Gasteiger partial charge in [0.2, 0.25) is 17.9 Å². The molecule has 1 spiro atoms. The zero-order chi connectivity index (χ0) is 31.1. The molecule has 2 saturated heterocycles. The molecule has 0 aliphatic carbocycles. The lowest BCUT2D eigenvalue weighted by molar-refractivity contribution is -0.198. The lowest BCUT2D eigenvalue weighted by Crippen LogP contribution is -2.46. The molecule has 3 aromatic rings. The molecule has 230 valence electrons. The third-order valence-electron chi connectivity index (χ3n) is 8.50. The minimum Gasteiger partial charge on any atom is -0.480 e. The number of aryl methyl sites for hydroxylation is 1. The summed E-state index contributed by atoms with van der Waals surface area (Å²) in [6.45, 7) is 3.03. The van der Waals surface area contributed by atoms with Gasteiger partial charge in [0.1, 0.15) is 11.9 Å². The molecule has 5 rings (SSSR count). The smallest absolute Gasteiger partial charge is 0.429 e. The summed E-state index contributed by atoms with van der Waals surface area (Å²) in [4.78, 5) is 34.0. The summed E-state index contributed by atoms with van der Waals surface area (Å²) in [6.07, 6.45) is -3.22. The number of halogens is 4. The van der Waals surface area contributed by atoms with Gasteiger partial charge in [-0.05, 0) is 60.4 Å². The topological polar surface area (TPSA) is 136 Å². The van der Waals surface area contributed by atoms with Crippen molar-refractivity contribution >= 4 is 29.3 Å². The molecule has 0 amide bonds. The predicted molar refractivity (Wildman–Crippen MR) is 155 cm³/mol. The van der Waals surface area contributed by atoms with Crippen LogP contribution in [0.3, 0.4) is 0 Å². The number of ether oxygens (including phenoxy) is 1. The Morgan fingerprint density at radius 2 is 1.95 bits per heavy atom. The monoisotopic (exact) mass is 620 g/mol. The van der Waals surface area contributed by atoms with Crippen LogP contribution in [0.4, 0.5) is 24.9 Å². The maximum atomic E-state index is 14.6. The Morgan fingerprint density at radius 1 is 1.23 bits per heavy atom. The number of aromatic nitrogens is 3. The molecule has 2 fully saturated rings. The molecule has 0 bridgehead atoms. The van der Waals surface area contributed by atoms with E-state index in [2.05, 4.69) is 15.3 Å². The largest absolute Gasteiger partial charge is 0.480 e. The van der Waals surface area contributed by atoms with Gasteiger partial charge in [-0.1, -0.05) is 24.6 Å². The highest BCUT2D eigenvalue weighted by molar-refractivity contribution is 6.30. The number of pyridine rings is 1. The van der Waals surface area contributed by atoms with E-state index >= 15 is 0 Å². The van der Waals surface area contributed by atoms with Crippen LogP contribution in [0.2, 0.25) is 5.02 Å². The Morgan fingerprint density at radius 3 is 2.58 bits per heavy atom. The van der Waals surface area contributed by atoms with Crippen LogP contribution in [-0.2, 0) is 11.8 Å². The van der Waals surface area contributed by atoms with E-state index in [1.165, 1.54) is 54.2 Å². The Labute approximate surface area is 250 Å². The first-order chi connectivity index (χ1) is 20.3. The summed E-state index contributed by atoms with van der Waals surface area (Å²) in [7, 11) is 1.53. The molecular weight excluding hydrogens is 589 g/mol. The number of carboxylic acids is 1. The van der Waals surface area contributed by atoms with Crippen LogP contribution in [0.25, 0.3) is 11.1 Å². The van der Waals surface area contributed by atoms with Crippen molar-refractivity contribution in [3.63, 3.8) is 0 Å². The molecule has 2 aliphatic heterocycles. The SMILES string of the molecule is CCC1NC(C(=O)O)CC12CCN(c1cc(O[C@H](c3ccc(Cl)cc3-c3ccn(C)c(=O)c3)C(F)(F)F)nc(N)n1)CC2. The van der Waals surface area contributed by atoms with Crippen LogP contribution in [0.5, 0.6) is 5.88 Å². The number of rotatable bonds is 7. The van der Waals surface area contributed by atoms with E-state index in [0.29, 0.717) is 38.2 Å². The average Bonchev–Trinajstić information content (AvgIpc) is 3.31. The number of piperidine rings is 1. The molecular formula is C29H32ClF3N6O4. The van der Waals surface area contributed by atoms with Gasteiger partial charge in [-0.25, -0.2) is 0 Å². The number of nitrogens with two attached hydrogens (primary N) is 1. The molecule has 2 unspecified atom stereocenters. The van der Waals surface area contributed by atoms with Crippen LogP contribution in [0.15, 0.2) is 47.4 Å². The van der Waals surface area contributed by atoms with E-state index in [4.69, 9.17) is 22.1 Å². The number of carboxylic acid groups (broad SMARTS) is 1. The molecule has 43 heavy (non-hydrogen) atoms. The minimum atomic E-state index is -4.87. The molecule has 14 heteroatoms. The molecule has 4 heterocycles. The number of nitrogen functional groups attached to an aromatic ring is 1. The fourth-order valence-corrected chi connectivity index (χ4v) is 6.45. The fourth-order valence-electron chi connectivity index (χ4n) is 6.27. The van der Waals surface area contributed by atoms with Crippen molar-refractivity contribution in [2.24, 2.45) is 12.5 Å². The van der Waals surface area contributed by atoms with Gasteiger partial charge in [0.25, 0.3) is 5.56 Å². The van der Waals surface area contributed by atoms with Crippen LogP contribution in [0.1, 0.15) is 44.3 Å². The number of alkyl halides is 3. The highest BCUT2D eigenvalue weighted by Crippen LogP contribution is 2.46. The number of aliphatic carboxylic acids is 1. The first-order valence-corrected chi connectivity index (χ1v) is 14.3. The van der Waals surface area contributed by atoms with Crippen molar-refractivity contribution < 1.29 is 27.8 Å². The lowest BCUT2D eigenvalue weighted by Gasteiger charge is -2.43. The van der Waals surface area contributed by atoms with Gasteiger partial charge >= 0.3 is 12.1 Å². The predicted octanol–water partition coefficient (Wildman–Crippen LogP) is 4.57. The van der Waals surface area contributed by atoms with E-state index in [1.54, 1.807) is 0 Å². The second-order valence-corrected chi connectivity index (χ2v) is 11.6. The first kappa shape index (κ1) is 30.6. The highest BCUT2D eigenvalue weighted by Gasteiger charge is 2.50. The summed E-state index contributed by atoms with van der Waals surface area (Å²) < 4.78 is 50.5.